The molecule has 10 nitrogen and oxygen atoms in total. The summed E-state index contributed by atoms with van der Waals surface area (Å²) in [7, 11) is 2.13. The van der Waals surface area contributed by atoms with Gasteiger partial charge in [0.05, 0.1) is 22.1 Å². The topological polar surface area (TPSA) is 111 Å². The number of likely N-dealkylation sites (N-methyl/N-ethyl adjacent to an activating group) is 1. The summed E-state index contributed by atoms with van der Waals surface area (Å²) < 4.78 is 6.01. The first-order valence-corrected chi connectivity index (χ1v) is 14.0. The summed E-state index contributed by atoms with van der Waals surface area (Å²) in [5.74, 6) is 1.28. The van der Waals surface area contributed by atoms with Crippen LogP contribution in [-0.2, 0) is 11.3 Å². The zero-order chi connectivity index (χ0) is 28.8. The van der Waals surface area contributed by atoms with Crippen LogP contribution in [0.5, 0.6) is 11.5 Å². The standard InChI is InChI=1S/C30H34ClN7O3/c1-3-29(39)35-27-16-20(19-38-14-12-37(2)13-15-38)4-8-26(27)34-28-18-23(10-11-32-28)41-22-7-9-25(24(31)17-22)36-30(40)33-21-5-6-21/h3-4,7-11,16-18,21H,1,5-6,12-15,19H2,2H3,(H,32,34)(H,35,39)(H2,33,36,40). The minimum Gasteiger partial charge on any atom is -0.457 e. The maximum absolute atomic E-state index is 12.2. The molecule has 0 atom stereocenters. The first-order valence-electron chi connectivity index (χ1n) is 13.6. The van der Waals surface area contributed by atoms with Crippen LogP contribution in [0.2, 0.25) is 5.02 Å². The number of aromatic nitrogens is 1. The van der Waals surface area contributed by atoms with Gasteiger partial charge in [0.1, 0.15) is 17.3 Å². The summed E-state index contributed by atoms with van der Waals surface area (Å²) in [5.41, 5.74) is 2.92. The van der Waals surface area contributed by atoms with Crippen molar-refractivity contribution >= 4 is 46.4 Å². The molecule has 2 aromatic carbocycles. The maximum Gasteiger partial charge on any atom is 0.319 e. The second-order valence-corrected chi connectivity index (χ2v) is 10.7. The van der Waals surface area contributed by atoms with E-state index in [9.17, 15) is 9.59 Å². The van der Waals surface area contributed by atoms with Gasteiger partial charge in [0.2, 0.25) is 5.91 Å². The lowest BCUT2D eigenvalue weighted by Gasteiger charge is -2.32. The van der Waals surface area contributed by atoms with Crippen LogP contribution in [0.4, 0.5) is 27.7 Å². The Morgan fingerprint density at radius 3 is 2.49 bits per heavy atom. The third kappa shape index (κ3) is 8.20. The maximum atomic E-state index is 12.2. The highest BCUT2D eigenvalue weighted by Crippen LogP contribution is 2.32. The van der Waals surface area contributed by atoms with E-state index in [4.69, 9.17) is 16.3 Å². The van der Waals surface area contributed by atoms with Crippen molar-refractivity contribution in [2.75, 3.05) is 49.2 Å². The molecule has 11 heteroatoms. The van der Waals surface area contributed by atoms with E-state index in [1.807, 2.05) is 18.2 Å². The first kappa shape index (κ1) is 28.4. The largest absolute Gasteiger partial charge is 0.457 e. The van der Waals surface area contributed by atoms with Crippen LogP contribution in [0, 0.1) is 0 Å². The molecule has 214 valence electrons. The van der Waals surface area contributed by atoms with Crippen LogP contribution in [0.25, 0.3) is 0 Å². The first-order chi connectivity index (χ1) is 19.8. The van der Waals surface area contributed by atoms with Crippen LogP contribution in [0.15, 0.2) is 67.4 Å². The van der Waals surface area contributed by atoms with Crippen molar-refractivity contribution < 1.29 is 14.3 Å². The molecule has 0 spiro atoms. The number of carbonyl (C=O) groups excluding carboxylic acids is 2. The quantitative estimate of drug-likeness (QED) is 0.239. The van der Waals surface area contributed by atoms with Gasteiger partial charge in [-0.05, 0) is 61.9 Å². The van der Waals surface area contributed by atoms with Crippen LogP contribution >= 0.6 is 11.6 Å². The fourth-order valence-corrected chi connectivity index (χ4v) is 4.62. The van der Waals surface area contributed by atoms with Gasteiger partial charge in [-0.15, -0.1) is 0 Å². The molecular weight excluding hydrogens is 542 g/mol. The van der Waals surface area contributed by atoms with Gasteiger partial charge >= 0.3 is 6.03 Å². The fourth-order valence-electron chi connectivity index (χ4n) is 4.40. The van der Waals surface area contributed by atoms with Gasteiger partial charge in [-0.3, -0.25) is 9.69 Å². The molecule has 4 N–H and O–H groups in total. The van der Waals surface area contributed by atoms with Gasteiger partial charge in [0, 0.05) is 57.1 Å². The molecule has 2 fully saturated rings. The van der Waals surface area contributed by atoms with Crippen molar-refractivity contribution in [1.29, 1.82) is 0 Å². The normalized spacial score (nSPS) is 15.6. The fraction of sp³-hybridized carbons (Fsp3) is 0.300. The highest BCUT2D eigenvalue weighted by molar-refractivity contribution is 6.33. The number of ether oxygens (including phenoxy) is 1. The molecule has 0 radical (unpaired) electrons. The number of nitrogens with one attached hydrogen (secondary N) is 4. The molecule has 41 heavy (non-hydrogen) atoms. The van der Waals surface area contributed by atoms with E-state index in [0.29, 0.717) is 39.4 Å². The van der Waals surface area contributed by atoms with Gasteiger partial charge in [0.15, 0.2) is 0 Å². The van der Waals surface area contributed by atoms with Crippen molar-refractivity contribution in [2.45, 2.75) is 25.4 Å². The van der Waals surface area contributed by atoms with Crippen LogP contribution in [0.1, 0.15) is 18.4 Å². The molecule has 1 aliphatic heterocycles. The Labute approximate surface area is 244 Å². The number of hydrogen-bond donors (Lipinski definition) is 4. The number of rotatable bonds is 10. The van der Waals surface area contributed by atoms with Crippen molar-refractivity contribution in [3.63, 3.8) is 0 Å². The highest BCUT2D eigenvalue weighted by Gasteiger charge is 2.23. The zero-order valence-electron chi connectivity index (χ0n) is 23.0. The summed E-state index contributed by atoms with van der Waals surface area (Å²) in [6.45, 7) is 8.45. The molecule has 1 aromatic heterocycles. The van der Waals surface area contributed by atoms with Gasteiger partial charge < -0.3 is 30.9 Å². The van der Waals surface area contributed by atoms with Crippen LogP contribution in [-0.4, -0.2) is 66.0 Å². The second kappa shape index (κ2) is 13.0. The minimum atomic E-state index is -0.297. The molecule has 2 aliphatic rings. The lowest BCUT2D eigenvalue weighted by molar-refractivity contribution is -0.111. The van der Waals surface area contributed by atoms with Crippen molar-refractivity contribution in [3.05, 3.63) is 78.0 Å². The molecular formula is C30H34ClN7O3. The molecule has 5 rings (SSSR count). The Hall–Kier alpha value is -4.12. The summed E-state index contributed by atoms with van der Waals surface area (Å²) >= 11 is 6.39. The van der Waals surface area contributed by atoms with E-state index in [1.165, 1.54) is 6.08 Å². The zero-order valence-corrected chi connectivity index (χ0v) is 23.7. The number of urea groups is 1. The number of hydrogen-bond acceptors (Lipinski definition) is 7. The summed E-state index contributed by atoms with van der Waals surface area (Å²) in [4.78, 5) is 33.4. The predicted octanol–water partition coefficient (Wildman–Crippen LogP) is 5.43. The van der Waals surface area contributed by atoms with Crippen molar-refractivity contribution in [3.8, 4) is 11.5 Å². The SMILES string of the molecule is C=CC(=O)Nc1cc(CN2CCN(C)CC2)ccc1Nc1cc(Oc2ccc(NC(=O)NC3CC3)c(Cl)c2)ccn1. The van der Waals surface area contributed by atoms with Gasteiger partial charge in [-0.2, -0.15) is 0 Å². The third-order valence-corrected chi connectivity index (χ3v) is 7.17. The van der Waals surface area contributed by atoms with E-state index in [-0.39, 0.29) is 18.0 Å². The molecule has 1 aliphatic carbocycles. The Balaban J connectivity index is 1.26. The monoisotopic (exact) mass is 575 g/mol. The van der Waals surface area contributed by atoms with Crippen LogP contribution in [0.3, 0.4) is 0 Å². The van der Waals surface area contributed by atoms with E-state index >= 15 is 0 Å². The Morgan fingerprint density at radius 1 is 1.00 bits per heavy atom. The Kier molecular flexibility index (Phi) is 9.03. The lowest BCUT2D eigenvalue weighted by atomic mass is 10.1. The molecule has 1 saturated carbocycles. The van der Waals surface area contributed by atoms with Crippen molar-refractivity contribution in [2.24, 2.45) is 0 Å². The number of carbonyl (C=O) groups is 2. The summed E-state index contributed by atoms with van der Waals surface area (Å²) in [6, 6.07) is 14.5. The van der Waals surface area contributed by atoms with E-state index in [0.717, 1.165) is 51.1 Å². The van der Waals surface area contributed by atoms with Gasteiger partial charge in [0.25, 0.3) is 0 Å². The molecule has 0 unspecified atom stereocenters. The number of halogens is 1. The molecule has 0 bridgehead atoms. The number of pyridine rings is 1. The van der Waals surface area contributed by atoms with Crippen molar-refractivity contribution in [1.82, 2.24) is 20.1 Å². The average molecular weight is 576 g/mol. The summed E-state index contributed by atoms with van der Waals surface area (Å²) in [6.07, 6.45) is 4.88. The molecule has 3 aromatic rings. The number of amides is 3. The van der Waals surface area contributed by atoms with E-state index in [1.54, 1.807) is 36.5 Å². The molecule has 2 heterocycles. The second-order valence-electron chi connectivity index (χ2n) is 10.3. The Bertz CT molecular complexity index is 1420. The van der Waals surface area contributed by atoms with Crippen LogP contribution < -0.4 is 26.0 Å². The average Bonchev–Trinajstić information content (AvgIpc) is 3.77. The molecule has 1 saturated heterocycles. The predicted molar refractivity (Wildman–Crippen MR) is 162 cm³/mol. The van der Waals surface area contributed by atoms with E-state index in [2.05, 4.69) is 49.7 Å². The highest BCUT2D eigenvalue weighted by atomic mass is 35.5. The third-order valence-electron chi connectivity index (χ3n) is 6.86. The number of nitrogens with zero attached hydrogens (tertiary/aromatic N) is 3. The molecule has 3 amide bonds. The van der Waals surface area contributed by atoms with Gasteiger partial charge in [-0.1, -0.05) is 24.2 Å². The lowest BCUT2D eigenvalue weighted by Crippen LogP contribution is -2.43. The number of benzene rings is 2. The Morgan fingerprint density at radius 2 is 1.76 bits per heavy atom. The van der Waals surface area contributed by atoms with Gasteiger partial charge in [-0.25, -0.2) is 9.78 Å². The number of piperazine rings is 1. The summed E-state index contributed by atoms with van der Waals surface area (Å²) in [5, 5.41) is 12.2. The van der Waals surface area contributed by atoms with E-state index < -0.39 is 0 Å². The minimum absolute atomic E-state index is 0.250. The number of anilines is 4. The smallest absolute Gasteiger partial charge is 0.319 e.